The molecule has 0 aliphatic carbocycles. The summed E-state index contributed by atoms with van der Waals surface area (Å²) < 4.78 is 0. The molecule has 0 radical (unpaired) electrons. The van der Waals surface area contributed by atoms with Gasteiger partial charge in [-0.15, -0.1) is 0 Å². The molecule has 20 heavy (non-hydrogen) atoms. The van der Waals surface area contributed by atoms with Crippen LogP contribution in [0.3, 0.4) is 0 Å². The molecule has 0 unspecified atom stereocenters. The molecular weight excluding hydrogens is 246 g/mol. The molecular formula is C17H23N3. The van der Waals surface area contributed by atoms with E-state index < -0.39 is 0 Å². The molecule has 0 spiro atoms. The zero-order valence-corrected chi connectivity index (χ0v) is 12.8. The van der Waals surface area contributed by atoms with E-state index in [4.69, 9.17) is 0 Å². The second-order valence-electron chi connectivity index (χ2n) is 6.05. The van der Waals surface area contributed by atoms with E-state index in [1.165, 1.54) is 0 Å². The SMILES string of the molecule is CC(C)Cc1nc(CC(C)C)nc(-c2ccccc2)n1. The van der Waals surface area contributed by atoms with Gasteiger partial charge in [0.25, 0.3) is 0 Å². The van der Waals surface area contributed by atoms with Crippen LogP contribution >= 0.6 is 0 Å². The van der Waals surface area contributed by atoms with Crippen LogP contribution < -0.4 is 0 Å². The van der Waals surface area contributed by atoms with E-state index in [1.54, 1.807) is 0 Å². The Hall–Kier alpha value is -1.77. The summed E-state index contributed by atoms with van der Waals surface area (Å²) in [6, 6.07) is 10.1. The van der Waals surface area contributed by atoms with Crippen molar-refractivity contribution in [3.63, 3.8) is 0 Å². The van der Waals surface area contributed by atoms with Crippen molar-refractivity contribution in [1.29, 1.82) is 0 Å². The van der Waals surface area contributed by atoms with Gasteiger partial charge in [0, 0.05) is 18.4 Å². The summed E-state index contributed by atoms with van der Waals surface area (Å²) in [5.74, 6) is 3.71. The van der Waals surface area contributed by atoms with Crippen LogP contribution in [-0.2, 0) is 12.8 Å². The molecule has 2 rings (SSSR count). The van der Waals surface area contributed by atoms with Crippen molar-refractivity contribution >= 4 is 0 Å². The normalized spacial score (nSPS) is 11.3. The minimum Gasteiger partial charge on any atom is -0.218 e. The van der Waals surface area contributed by atoms with Crippen molar-refractivity contribution in [3.05, 3.63) is 42.0 Å². The molecule has 0 aliphatic rings. The predicted molar refractivity (Wildman–Crippen MR) is 82.3 cm³/mol. The molecule has 2 aromatic rings. The Morgan fingerprint density at radius 2 is 1.25 bits per heavy atom. The first-order valence-electron chi connectivity index (χ1n) is 7.34. The van der Waals surface area contributed by atoms with Crippen LogP contribution in [0.1, 0.15) is 39.3 Å². The topological polar surface area (TPSA) is 38.7 Å². The number of aromatic nitrogens is 3. The lowest BCUT2D eigenvalue weighted by molar-refractivity contribution is 0.588. The molecule has 0 aliphatic heterocycles. The van der Waals surface area contributed by atoms with E-state index >= 15 is 0 Å². The molecule has 0 saturated carbocycles. The molecule has 1 aromatic carbocycles. The molecule has 0 fully saturated rings. The first-order chi connectivity index (χ1) is 9.54. The van der Waals surface area contributed by atoms with Gasteiger partial charge in [0.15, 0.2) is 5.82 Å². The van der Waals surface area contributed by atoms with Gasteiger partial charge in [0.2, 0.25) is 0 Å². The molecule has 0 saturated heterocycles. The molecule has 1 heterocycles. The molecule has 0 N–H and O–H groups in total. The highest BCUT2D eigenvalue weighted by Gasteiger charge is 2.10. The maximum absolute atomic E-state index is 4.63. The van der Waals surface area contributed by atoms with Crippen LogP contribution in [0.15, 0.2) is 30.3 Å². The molecule has 106 valence electrons. The predicted octanol–water partition coefficient (Wildman–Crippen LogP) is 3.94. The van der Waals surface area contributed by atoms with Gasteiger partial charge in [-0.1, -0.05) is 58.0 Å². The number of nitrogens with zero attached hydrogens (tertiary/aromatic N) is 3. The van der Waals surface area contributed by atoms with Gasteiger partial charge in [0.1, 0.15) is 11.6 Å². The van der Waals surface area contributed by atoms with E-state index in [0.717, 1.165) is 35.9 Å². The number of hydrogen-bond acceptors (Lipinski definition) is 3. The van der Waals surface area contributed by atoms with Gasteiger partial charge >= 0.3 is 0 Å². The van der Waals surface area contributed by atoms with Crippen molar-refractivity contribution in [1.82, 2.24) is 15.0 Å². The summed E-state index contributed by atoms with van der Waals surface area (Å²) in [5, 5.41) is 0. The first-order valence-corrected chi connectivity index (χ1v) is 7.34. The van der Waals surface area contributed by atoms with Gasteiger partial charge in [-0.2, -0.15) is 0 Å². The van der Waals surface area contributed by atoms with Gasteiger partial charge in [-0.3, -0.25) is 0 Å². The average molecular weight is 269 g/mol. The smallest absolute Gasteiger partial charge is 0.163 e. The fourth-order valence-electron chi connectivity index (χ4n) is 2.10. The summed E-state index contributed by atoms with van der Waals surface area (Å²) in [6.45, 7) is 8.75. The van der Waals surface area contributed by atoms with Gasteiger partial charge in [-0.05, 0) is 11.8 Å². The average Bonchev–Trinajstić information content (AvgIpc) is 2.38. The standard InChI is InChI=1S/C17H23N3/c1-12(2)10-15-18-16(11-13(3)4)20-17(19-15)14-8-6-5-7-9-14/h5-9,12-13H,10-11H2,1-4H3. The zero-order chi connectivity index (χ0) is 14.5. The minimum absolute atomic E-state index is 0.549. The van der Waals surface area contributed by atoms with E-state index in [2.05, 4.69) is 42.6 Å². The quantitative estimate of drug-likeness (QED) is 0.825. The lowest BCUT2D eigenvalue weighted by Gasteiger charge is -2.10. The Balaban J connectivity index is 2.39. The van der Waals surface area contributed by atoms with Gasteiger partial charge in [0.05, 0.1) is 0 Å². The third kappa shape index (κ3) is 4.12. The monoisotopic (exact) mass is 269 g/mol. The van der Waals surface area contributed by atoms with Crippen LogP contribution in [0.25, 0.3) is 11.4 Å². The Labute approximate surface area is 121 Å². The summed E-state index contributed by atoms with van der Waals surface area (Å²) in [5.41, 5.74) is 1.06. The van der Waals surface area contributed by atoms with Crippen LogP contribution in [0, 0.1) is 11.8 Å². The Morgan fingerprint density at radius 3 is 1.70 bits per heavy atom. The summed E-state index contributed by atoms with van der Waals surface area (Å²) in [6.07, 6.45) is 1.79. The number of hydrogen-bond donors (Lipinski definition) is 0. The Kier molecular flexibility index (Phi) is 4.83. The third-order valence-electron chi connectivity index (χ3n) is 2.94. The van der Waals surface area contributed by atoms with Gasteiger partial charge in [-0.25, -0.2) is 15.0 Å². The molecule has 1 aromatic heterocycles. The lowest BCUT2D eigenvalue weighted by Crippen LogP contribution is -2.09. The Morgan fingerprint density at radius 1 is 0.750 bits per heavy atom. The summed E-state index contributed by atoms with van der Waals surface area (Å²) >= 11 is 0. The molecule has 0 atom stereocenters. The number of benzene rings is 1. The molecule has 0 amide bonds. The van der Waals surface area contributed by atoms with E-state index in [1.807, 2.05) is 30.3 Å². The van der Waals surface area contributed by atoms with Gasteiger partial charge < -0.3 is 0 Å². The third-order valence-corrected chi connectivity index (χ3v) is 2.94. The number of rotatable bonds is 5. The highest BCUT2D eigenvalue weighted by molar-refractivity contribution is 5.54. The largest absolute Gasteiger partial charge is 0.218 e. The second-order valence-corrected chi connectivity index (χ2v) is 6.05. The summed E-state index contributed by atoms with van der Waals surface area (Å²) in [4.78, 5) is 13.9. The van der Waals surface area contributed by atoms with Crippen molar-refractivity contribution in [2.75, 3.05) is 0 Å². The summed E-state index contributed by atoms with van der Waals surface area (Å²) in [7, 11) is 0. The highest BCUT2D eigenvalue weighted by atomic mass is 15.0. The van der Waals surface area contributed by atoms with E-state index in [0.29, 0.717) is 11.8 Å². The van der Waals surface area contributed by atoms with Crippen molar-refractivity contribution in [2.45, 2.75) is 40.5 Å². The maximum atomic E-state index is 4.63. The van der Waals surface area contributed by atoms with Crippen LogP contribution in [0.2, 0.25) is 0 Å². The fraction of sp³-hybridized carbons (Fsp3) is 0.471. The van der Waals surface area contributed by atoms with E-state index in [-0.39, 0.29) is 0 Å². The second kappa shape index (κ2) is 6.60. The van der Waals surface area contributed by atoms with E-state index in [9.17, 15) is 0 Å². The highest BCUT2D eigenvalue weighted by Crippen LogP contribution is 2.16. The first kappa shape index (κ1) is 14.6. The fourth-order valence-corrected chi connectivity index (χ4v) is 2.10. The van der Waals surface area contributed by atoms with Crippen LogP contribution in [0.4, 0.5) is 0 Å². The van der Waals surface area contributed by atoms with Crippen LogP contribution in [-0.4, -0.2) is 15.0 Å². The van der Waals surface area contributed by atoms with Crippen molar-refractivity contribution in [3.8, 4) is 11.4 Å². The van der Waals surface area contributed by atoms with Crippen molar-refractivity contribution < 1.29 is 0 Å². The molecule has 3 heteroatoms. The lowest BCUT2D eigenvalue weighted by atomic mass is 10.1. The molecule has 0 bridgehead atoms. The van der Waals surface area contributed by atoms with Crippen LogP contribution in [0.5, 0.6) is 0 Å². The maximum Gasteiger partial charge on any atom is 0.163 e. The zero-order valence-electron chi connectivity index (χ0n) is 12.8. The Bertz CT molecular complexity index is 519. The molecule has 3 nitrogen and oxygen atoms in total. The minimum atomic E-state index is 0.549. The van der Waals surface area contributed by atoms with Crippen molar-refractivity contribution in [2.24, 2.45) is 11.8 Å².